The van der Waals surface area contributed by atoms with Crippen LogP contribution >= 0.6 is 0 Å². The zero-order valence-corrected chi connectivity index (χ0v) is 19.0. The molecular weight excluding hydrogens is 399 g/mol. The van der Waals surface area contributed by atoms with Gasteiger partial charge in [0.15, 0.2) is 8.32 Å². The molecule has 2 rings (SSSR count). The van der Waals surface area contributed by atoms with Gasteiger partial charge in [-0.05, 0) is 54.9 Å². The number of amides is 1. The van der Waals surface area contributed by atoms with Crippen molar-refractivity contribution in [2.75, 3.05) is 7.05 Å². The highest BCUT2D eigenvalue weighted by Crippen LogP contribution is 2.43. The van der Waals surface area contributed by atoms with Gasteiger partial charge in [-0.15, -0.1) is 0 Å². The van der Waals surface area contributed by atoms with Crippen molar-refractivity contribution >= 4 is 14.4 Å². The topological polar surface area (TPSA) is 49.8 Å². The van der Waals surface area contributed by atoms with Crippen LogP contribution < -0.4 is 0 Å². The molecular formula is C21H32F3NO3Si. The third-order valence-corrected chi connectivity index (χ3v) is 11.0. The fourth-order valence-corrected chi connectivity index (χ4v) is 5.02. The van der Waals surface area contributed by atoms with Gasteiger partial charge < -0.3 is 14.4 Å². The van der Waals surface area contributed by atoms with Crippen molar-refractivity contribution in [1.29, 1.82) is 0 Å². The van der Waals surface area contributed by atoms with E-state index in [1.54, 1.807) is 6.07 Å². The van der Waals surface area contributed by atoms with Gasteiger partial charge in [0, 0.05) is 7.05 Å². The molecule has 1 aliphatic carbocycles. The van der Waals surface area contributed by atoms with Crippen LogP contribution in [-0.4, -0.2) is 43.6 Å². The molecule has 8 heteroatoms. The van der Waals surface area contributed by atoms with Gasteiger partial charge in [0.2, 0.25) is 0 Å². The summed E-state index contributed by atoms with van der Waals surface area (Å²) in [4.78, 5) is 12.9. The Morgan fingerprint density at radius 1 is 1.21 bits per heavy atom. The summed E-state index contributed by atoms with van der Waals surface area (Å²) in [6, 6.07) is 4.99. The molecule has 0 aromatic heterocycles. The van der Waals surface area contributed by atoms with E-state index in [0.717, 1.165) is 6.07 Å². The van der Waals surface area contributed by atoms with Gasteiger partial charge in [0.25, 0.3) is 0 Å². The summed E-state index contributed by atoms with van der Waals surface area (Å²) in [6.07, 6.45) is -3.96. The van der Waals surface area contributed by atoms with Crippen LogP contribution in [0, 0.1) is 0 Å². The first-order valence-corrected chi connectivity index (χ1v) is 12.8. The summed E-state index contributed by atoms with van der Waals surface area (Å²) in [5, 5.41) is 9.53. The Balaban J connectivity index is 2.28. The molecule has 29 heavy (non-hydrogen) atoms. The number of hydrogen-bond acceptors (Lipinski definition) is 2. The van der Waals surface area contributed by atoms with Crippen molar-refractivity contribution in [3.05, 3.63) is 35.4 Å². The summed E-state index contributed by atoms with van der Waals surface area (Å²) < 4.78 is 45.9. The lowest BCUT2D eigenvalue weighted by molar-refractivity contribution is -0.137. The highest BCUT2D eigenvalue weighted by atomic mass is 28.4. The van der Waals surface area contributed by atoms with Gasteiger partial charge in [-0.3, -0.25) is 0 Å². The Morgan fingerprint density at radius 3 is 2.34 bits per heavy atom. The number of halogens is 3. The Bertz CT molecular complexity index is 731. The van der Waals surface area contributed by atoms with E-state index in [4.69, 9.17) is 4.43 Å². The number of alkyl halides is 3. The fraction of sp³-hybridized carbons (Fsp3) is 0.667. The van der Waals surface area contributed by atoms with E-state index in [-0.39, 0.29) is 17.1 Å². The molecule has 3 atom stereocenters. The van der Waals surface area contributed by atoms with Crippen LogP contribution in [0.15, 0.2) is 24.3 Å². The SMILES string of the molecule is CN(C(=O)O)[C@H]1C[C@@H](c2cccc(C(F)(F)F)c2)CC[C@@H]1O[Si](C)(C)C(C)(C)C. The third-order valence-electron chi connectivity index (χ3n) is 6.49. The van der Waals surface area contributed by atoms with Crippen molar-refractivity contribution in [2.24, 2.45) is 0 Å². The Hall–Kier alpha value is -1.54. The van der Waals surface area contributed by atoms with Crippen molar-refractivity contribution in [1.82, 2.24) is 4.90 Å². The van der Waals surface area contributed by atoms with Gasteiger partial charge in [0.1, 0.15) is 0 Å². The summed E-state index contributed by atoms with van der Waals surface area (Å²) in [5.41, 5.74) is -0.0628. The average molecular weight is 432 g/mol. The molecule has 0 bridgehead atoms. The molecule has 1 aromatic rings. The molecule has 164 valence electrons. The van der Waals surface area contributed by atoms with E-state index in [1.165, 1.54) is 24.1 Å². The van der Waals surface area contributed by atoms with E-state index in [0.29, 0.717) is 24.8 Å². The molecule has 1 aliphatic rings. The second-order valence-electron chi connectivity index (χ2n) is 9.51. The van der Waals surface area contributed by atoms with Crippen molar-refractivity contribution in [3.63, 3.8) is 0 Å². The number of nitrogens with zero attached hydrogens (tertiary/aromatic N) is 1. The number of hydrogen-bond donors (Lipinski definition) is 1. The van der Waals surface area contributed by atoms with Crippen molar-refractivity contribution in [2.45, 2.75) is 82.4 Å². The number of carbonyl (C=O) groups is 1. The second kappa shape index (κ2) is 8.30. The quantitative estimate of drug-likeness (QED) is 0.566. The molecule has 0 aliphatic heterocycles. The molecule has 1 N–H and O–H groups in total. The largest absolute Gasteiger partial charge is 0.465 e. The van der Waals surface area contributed by atoms with Crippen molar-refractivity contribution in [3.8, 4) is 0 Å². The normalized spacial score (nSPS) is 23.7. The van der Waals surface area contributed by atoms with Crippen LogP contribution in [0.3, 0.4) is 0 Å². The highest BCUT2D eigenvalue weighted by Gasteiger charge is 2.44. The molecule has 1 fully saturated rings. The fourth-order valence-electron chi connectivity index (χ4n) is 3.63. The van der Waals surface area contributed by atoms with E-state index in [2.05, 4.69) is 33.9 Å². The predicted octanol–water partition coefficient (Wildman–Crippen LogP) is 6.34. The van der Waals surface area contributed by atoms with E-state index in [1.807, 2.05) is 0 Å². The minimum atomic E-state index is -4.39. The zero-order valence-electron chi connectivity index (χ0n) is 18.0. The minimum Gasteiger partial charge on any atom is -0.465 e. The first-order chi connectivity index (χ1) is 13.1. The van der Waals surface area contributed by atoms with Crippen LogP contribution in [0.1, 0.15) is 57.1 Å². The maximum atomic E-state index is 13.1. The maximum absolute atomic E-state index is 13.1. The lowest BCUT2D eigenvalue weighted by atomic mass is 9.79. The second-order valence-corrected chi connectivity index (χ2v) is 14.3. The van der Waals surface area contributed by atoms with E-state index >= 15 is 0 Å². The van der Waals surface area contributed by atoms with Crippen LogP contribution in [0.5, 0.6) is 0 Å². The Morgan fingerprint density at radius 2 is 1.83 bits per heavy atom. The Labute approximate surface area is 172 Å². The number of carboxylic acid groups (broad SMARTS) is 1. The van der Waals surface area contributed by atoms with Crippen LogP contribution in [0.2, 0.25) is 18.1 Å². The Kier molecular flexibility index (Phi) is 6.79. The summed E-state index contributed by atoms with van der Waals surface area (Å²) in [6.45, 7) is 10.6. The van der Waals surface area contributed by atoms with E-state index in [9.17, 15) is 23.1 Å². The number of benzene rings is 1. The number of rotatable bonds is 4. The van der Waals surface area contributed by atoms with Crippen LogP contribution in [-0.2, 0) is 10.6 Å². The summed E-state index contributed by atoms with van der Waals surface area (Å²) >= 11 is 0. The minimum absolute atomic E-state index is 0.0166. The molecule has 4 nitrogen and oxygen atoms in total. The van der Waals surface area contributed by atoms with E-state index < -0.39 is 32.2 Å². The third kappa shape index (κ3) is 5.54. The smallest absolute Gasteiger partial charge is 0.416 e. The predicted molar refractivity (Wildman–Crippen MR) is 110 cm³/mol. The maximum Gasteiger partial charge on any atom is 0.416 e. The van der Waals surface area contributed by atoms with Gasteiger partial charge >= 0.3 is 12.3 Å². The monoisotopic (exact) mass is 431 g/mol. The molecule has 0 heterocycles. The number of likely N-dealkylation sites (N-methyl/N-ethyl adjacent to an activating group) is 1. The molecule has 0 saturated heterocycles. The highest BCUT2D eigenvalue weighted by molar-refractivity contribution is 6.74. The van der Waals surface area contributed by atoms with Crippen LogP contribution in [0.4, 0.5) is 18.0 Å². The molecule has 1 saturated carbocycles. The van der Waals surface area contributed by atoms with Crippen molar-refractivity contribution < 1.29 is 27.5 Å². The zero-order chi connectivity index (χ0) is 22.2. The standard InChI is InChI=1S/C21H32F3NO3Si/c1-20(2,3)29(5,6)28-18-11-10-15(13-17(18)25(4)19(26)27)14-8-7-9-16(12-14)21(22,23)24/h7-9,12,15,17-18H,10-11,13H2,1-6H3,(H,26,27)/t15-,17-,18-/m0/s1. The van der Waals surface area contributed by atoms with Gasteiger partial charge in [0.05, 0.1) is 17.7 Å². The van der Waals surface area contributed by atoms with Gasteiger partial charge in [-0.25, -0.2) is 4.79 Å². The summed E-state index contributed by atoms with van der Waals surface area (Å²) in [5.74, 6) is -0.136. The first-order valence-electron chi connectivity index (χ1n) is 9.94. The van der Waals surface area contributed by atoms with Gasteiger partial charge in [-0.2, -0.15) is 13.2 Å². The molecule has 0 spiro atoms. The average Bonchev–Trinajstić information content (AvgIpc) is 2.59. The van der Waals surface area contributed by atoms with Crippen LogP contribution in [0.25, 0.3) is 0 Å². The molecule has 0 radical (unpaired) electrons. The first kappa shape index (κ1) is 23.7. The summed E-state index contributed by atoms with van der Waals surface area (Å²) in [7, 11) is -0.601. The molecule has 0 unspecified atom stereocenters. The lowest BCUT2D eigenvalue weighted by Crippen LogP contribution is -2.54. The molecule has 1 amide bonds. The molecule has 1 aromatic carbocycles. The lowest BCUT2D eigenvalue weighted by Gasteiger charge is -2.46. The van der Waals surface area contributed by atoms with Gasteiger partial charge in [-0.1, -0.05) is 39.0 Å².